The van der Waals surface area contributed by atoms with E-state index in [2.05, 4.69) is 10.2 Å². The van der Waals surface area contributed by atoms with Crippen molar-refractivity contribution in [3.8, 4) is 0 Å². The zero-order valence-corrected chi connectivity index (χ0v) is 7.94. The van der Waals surface area contributed by atoms with Crippen molar-refractivity contribution in [3.63, 3.8) is 0 Å². The monoisotopic (exact) mass is 185 g/mol. The third-order valence-corrected chi connectivity index (χ3v) is 1.55. The summed E-state index contributed by atoms with van der Waals surface area (Å²) in [4.78, 5) is 0. The van der Waals surface area contributed by atoms with E-state index in [0.717, 1.165) is 11.3 Å². The van der Waals surface area contributed by atoms with Gasteiger partial charge in [-0.15, -0.1) is 5.11 Å². The number of allylic oxidation sites excluding steroid dienone is 1. The van der Waals surface area contributed by atoms with Gasteiger partial charge in [-0.1, -0.05) is 24.3 Å². The molecule has 1 N–H and O–H groups in total. The van der Waals surface area contributed by atoms with Crippen molar-refractivity contribution in [2.24, 2.45) is 10.2 Å². The second kappa shape index (κ2) is 5.62. The van der Waals surface area contributed by atoms with Crippen LogP contribution in [-0.2, 0) is 0 Å². The van der Waals surface area contributed by atoms with E-state index in [1.807, 2.05) is 49.2 Å². The van der Waals surface area contributed by atoms with Gasteiger partial charge in [-0.05, 0) is 30.5 Å². The average molecular weight is 185 g/mol. The first-order valence-electron chi connectivity index (χ1n) is 4.24. The Kier molecular flexibility index (Phi) is 4.05. The maximum absolute atomic E-state index is 6.59. The molecule has 0 atom stereocenters. The molecule has 0 heterocycles. The van der Waals surface area contributed by atoms with Crippen molar-refractivity contribution in [2.45, 2.75) is 6.92 Å². The number of rotatable bonds is 3. The zero-order chi connectivity index (χ0) is 10.2. The van der Waals surface area contributed by atoms with Gasteiger partial charge in [0.1, 0.15) is 6.20 Å². The van der Waals surface area contributed by atoms with Crippen LogP contribution in [0.3, 0.4) is 0 Å². The van der Waals surface area contributed by atoms with Crippen molar-refractivity contribution < 1.29 is 0 Å². The van der Waals surface area contributed by atoms with E-state index in [9.17, 15) is 0 Å². The maximum atomic E-state index is 6.59. The van der Waals surface area contributed by atoms with Gasteiger partial charge in [0.15, 0.2) is 0 Å². The Morgan fingerprint density at radius 3 is 2.57 bits per heavy atom. The van der Waals surface area contributed by atoms with Gasteiger partial charge in [0.2, 0.25) is 0 Å². The minimum atomic E-state index is 0.768. The molecule has 0 aliphatic carbocycles. The molecule has 0 saturated heterocycles. The van der Waals surface area contributed by atoms with Crippen LogP contribution in [0.1, 0.15) is 12.5 Å². The molecule has 3 nitrogen and oxygen atoms in total. The SMILES string of the molecule is C/C=C/c1ccc(N=NC=C=N)cc1. The second-order valence-electron chi connectivity index (χ2n) is 2.58. The van der Waals surface area contributed by atoms with E-state index >= 15 is 0 Å². The third-order valence-electron chi connectivity index (χ3n) is 1.55. The van der Waals surface area contributed by atoms with Gasteiger partial charge in [-0.25, -0.2) is 0 Å². The molecule has 14 heavy (non-hydrogen) atoms. The fourth-order valence-corrected chi connectivity index (χ4v) is 0.969. The Morgan fingerprint density at radius 1 is 1.29 bits per heavy atom. The summed E-state index contributed by atoms with van der Waals surface area (Å²) in [6.07, 6.45) is 5.20. The molecular weight excluding hydrogens is 174 g/mol. The van der Waals surface area contributed by atoms with E-state index in [1.165, 1.54) is 6.20 Å². The van der Waals surface area contributed by atoms with Gasteiger partial charge in [0.25, 0.3) is 0 Å². The van der Waals surface area contributed by atoms with E-state index in [0.29, 0.717) is 0 Å². The summed E-state index contributed by atoms with van der Waals surface area (Å²) in [6, 6.07) is 7.66. The standard InChI is InChI=1S/C11H11N3/c1-2-3-10-4-6-11(7-5-10)14-13-9-8-12/h2-7,9,12H,1H3/b3-2+,14-13?. The molecule has 0 amide bonds. The number of nitrogens with one attached hydrogen (secondary N) is 1. The van der Waals surface area contributed by atoms with Crippen LogP contribution in [0, 0.1) is 5.41 Å². The fraction of sp³-hybridized carbons (Fsp3) is 0.0909. The zero-order valence-electron chi connectivity index (χ0n) is 7.94. The maximum Gasteiger partial charge on any atom is 0.110 e. The number of hydrogen-bond donors (Lipinski definition) is 1. The molecule has 0 aliphatic rings. The van der Waals surface area contributed by atoms with E-state index in [1.54, 1.807) is 0 Å². The number of hydrogen-bond acceptors (Lipinski definition) is 3. The van der Waals surface area contributed by atoms with Crippen LogP contribution in [0.25, 0.3) is 6.08 Å². The summed E-state index contributed by atoms with van der Waals surface area (Å²) in [7, 11) is 0. The second-order valence-corrected chi connectivity index (χ2v) is 2.58. The molecule has 70 valence electrons. The molecule has 0 bridgehead atoms. The molecule has 0 spiro atoms. The predicted octanol–water partition coefficient (Wildman–Crippen LogP) is 3.57. The lowest BCUT2D eigenvalue weighted by atomic mass is 10.2. The van der Waals surface area contributed by atoms with Crippen LogP contribution in [0.5, 0.6) is 0 Å². The summed E-state index contributed by atoms with van der Waals surface area (Å²) in [5, 5.41) is 14.1. The number of benzene rings is 1. The Hall–Kier alpha value is -1.99. The van der Waals surface area contributed by atoms with Gasteiger partial charge in [-0.3, -0.25) is 5.41 Å². The minimum Gasteiger partial charge on any atom is -0.257 e. The van der Waals surface area contributed by atoms with Crippen molar-refractivity contribution in [3.05, 3.63) is 42.1 Å². The summed E-state index contributed by atoms with van der Waals surface area (Å²) >= 11 is 0. The van der Waals surface area contributed by atoms with Gasteiger partial charge < -0.3 is 0 Å². The lowest BCUT2D eigenvalue weighted by Crippen LogP contribution is -1.69. The highest BCUT2D eigenvalue weighted by atomic mass is 15.1. The summed E-state index contributed by atoms with van der Waals surface area (Å²) < 4.78 is 0. The minimum absolute atomic E-state index is 0.768. The molecule has 0 aromatic heterocycles. The molecule has 3 heteroatoms. The normalized spacial score (nSPS) is 10.6. The molecule has 1 aromatic carbocycles. The van der Waals surface area contributed by atoms with Crippen molar-refractivity contribution >= 4 is 17.6 Å². The molecule has 1 aromatic rings. The lowest BCUT2D eigenvalue weighted by Gasteiger charge is -1.93. The highest BCUT2D eigenvalue weighted by Gasteiger charge is 1.88. The Balaban J connectivity index is 2.77. The third kappa shape index (κ3) is 3.17. The van der Waals surface area contributed by atoms with E-state index < -0.39 is 0 Å². The van der Waals surface area contributed by atoms with Crippen LogP contribution >= 0.6 is 0 Å². The summed E-state index contributed by atoms with van der Waals surface area (Å²) in [5.74, 6) is 2.02. The Bertz CT molecular complexity index is 381. The largest absolute Gasteiger partial charge is 0.257 e. The quantitative estimate of drug-likeness (QED) is 0.553. The predicted molar refractivity (Wildman–Crippen MR) is 58.0 cm³/mol. The molecule has 1 rings (SSSR count). The Labute approximate surface area is 83.0 Å². The van der Waals surface area contributed by atoms with Crippen molar-refractivity contribution in [2.75, 3.05) is 0 Å². The van der Waals surface area contributed by atoms with Crippen LogP contribution < -0.4 is 0 Å². The van der Waals surface area contributed by atoms with Gasteiger partial charge in [0.05, 0.1) is 5.69 Å². The van der Waals surface area contributed by atoms with Gasteiger partial charge in [0, 0.05) is 0 Å². The molecule has 0 saturated carbocycles. The van der Waals surface area contributed by atoms with Crippen molar-refractivity contribution in [1.29, 1.82) is 5.41 Å². The fourth-order valence-electron chi connectivity index (χ4n) is 0.969. The van der Waals surface area contributed by atoms with Crippen LogP contribution in [0.15, 0.2) is 46.8 Å². The smallest absolute Gasteiger partial charge is 0.110 e. The molecular formula is C11H11N3. The van der Waals surface area contributed by atoms with E-state index in [-0.39, 0.29) is 0 Å². The first kappa shape index (κ1) is 10.1. The average Bonchev–Trinajstić information content (AvgIpc) is 2.21. The number of nitrogens with zero attached hydrogens (tertiary/aromatic N) is 2. The van der Waals surface area contributed by atoms with Crippen LogP contribution in [0.4, 0.5) is 5.69 Å². The van der Waals surface area contributed by atoms with Crippen molar-refractivity contribution in [1.82, 2.24) is 0 Å². The summed E-state index contributed by atoms with van der Waals surface area (Å²) in [5.41, 5.74) is 1.90. The highest BCUT2D eigenvalue weighted by molar-refractivity contribution is 5.52. The number of azo groups is 1. The van der Waals surface area contributed by atoms with Crippen LogP contribution in [0.2, 0.25) is 0 Å². The Morgan fingerprint density at radius 2 is 2.00 bits per heavy atom. The van der Waals surface area contributed by atoms with E-state index in [4.69, 9.17) is 5.41 Å². The highest BCUT2D eigenvalue weighted by Crippen LogP contribution is 2.14. The lowest BCUT2D eigenvalue weighted by molar-refractivity contribution is 1.24. The molecule has 0 radical (unpaired) electrons. The topological polar surface area (TPSA) is 48.6 Å². The van der Waals surface area contributed by atoms with Gasteiger partial charge >= 0.3 is 0 Å². The molecule has 0 fully saturated rings. The molecule has 0 aliphatic heterocycles. The first-order chi connectivity index (χ1) is 6.86. The molecule has 0 unspecified atom stereocenters. The first-order valence-corrected chi connectivity index (χ1v) is 4.24. The van der Waals surface area contributed by atoms with Crippen LogP contribution in [-0.4, -0.2) is 5.87 Å². The van der Waals surface area contributed by atoms with Gasteiger partial charge in [-0.2, -0.15) is 5.11 Å². The summed E-state index contributed by atoms with van der Waals surface area (Å²) in [6.45, 7) is 1.97.